The molecule has 1 aromatic carbocycles. The van der Waals surface area contributed by atoms with Crippen molar-refractivity contribution in [2.75, 3.05) is 12.4 Å². The van der Waals surface area contributed by atoms with Crippen molar-refractivity contribution in [3.63, 3.8) is 0 Å². The summed E-state index contributed by atoms with van der Waals surface area (Å²) in [7, 11) is -3.10. The average molecular weight is 226 g/mol. The van der Waals surface area contributed by atoms with Gasteiger partial charge in [0.15, 0.2) is 9.84 Å². The van der Waals surface area contributed by atoms with Crippen molar-refractivity contribution < 1.29 is 13.5 Å². The van der Waals surface area contributed by atoms with E-state index in [2.05, 4.69) is 0 Å². The summed E-state index contributed by atoms with van der Waals surface area (Å²) in [6.45, 7) is 1.81. The van der Waals surface area contributed by atoms with Crippen LogP contribution in [0.25, 0.3) is 0 Å². The van der Waals surface area contributed by atoms with E-state index in [4.69, 9.17) is 5.11 Å². The molecular weight excluding hydrogens is 212 g/mol. The number of sulfone groups is 1. The highest BCUT2D eigenvalue weighted by atomic mass is 32.2. The van der Waals surface area contributed by atoms with Crippen molar-refractivity contribution in [1.29, 1.82) is 0 Å². The van der Waals surface area contributed by atoms with Gasteiger partial charge >= 0.3 is 0 Å². The van der Waals surface area contributed by atoms with Crippen molar-refractivity contribution >= 4 is 9.84 Å². The molecule has 1 aliphatic rings. The zero-order chi connectivity index (χ0) is 11.1. The first-order valence-electron chi connectivity index (χ1n) is 5.01. The lowest BCUT2D eigenvalue weighted by molar-refractivity contribution is 0.272. The van der Waals surface area contributed by atoms with Crippen LogP contribution in [0.15, 0.2) is 23.1 Å². The number of benzene rings is 1. The second-order valence-corrected chi connectivity index (χ2v) is 6.03. The van der Waals surface area contributed by atoms with Crippen molar-refractivity contribution in [3.05, 3.63) is 29.3 Å². The van der Waals surface area contributed by atoms with Gasteiger partial charge in [-0.3, -0.25) is 0 Å². The molecule has 0 bridgehead atoms. The Hall–Kier alpha value is -0.870. The van der Waals surface area contributed by atoms with E-state index in [1.54, 1.807) is 6.07 Å². The fourth-order valence-electron chi connectivity index (χ4n) is 2.01. The number of aryl methyl sites for hydroxylation is 1. The summed E-state index contributed by atoms with van der Waals surface area (Å²) in [6, 6.07) is 5.51. The van der Waals surface area contributed by atoms with E-state index in [9.17, 15) is 8.42 Å². The summed E-state index contributed by atoms with van der Waals surface area (Å²) in [5.41, 5.74) is 1.65. The second-order valence-electron chi connectivity index (χ2n) is 3.99. The molecule has 1 aromatic rings. The van der Waals surface area contributed by atoms with Crippen LogP contribution in [0.5, 0.6) is 0 Å². The first kappa shape index (κ1) is 10.6. The van der Waals surface area contributed by atoms with Gasteiger partial charge in [0.05, 0.1) is 10.6 Å². The van der Waals surface area contributed by atoms with Crippen LogP contribution in [0, 0.1) is 0 Å². The van der Waals surface area contributed by atoms with Gasteiger partial charge in [0, 0.05) is 12.5 Å². The molecule has 0 fully saturated rings. The molecule has 1 heterocycles. The monoisotopic (exact) mass is 226 g/mol. The summed E-state index contributed by atoms with van der Waals surface area (Å²) in [6.07, 6.45) is 0.601. The van der Waals surface area contributed by atoms with Crippen LogP contribution in [-0.4, -0.2) is 25.9 Å². The van der Waals surface area contributed by atoms with Crippen LogP contribution >= 0.6 is 0 Å². The van der Waals surface area contributed by atoms with Gasteiger partial charge in [-0.05, 0) is 17.5 Å². The normalized spacial score (nSPS) is 19.9. The molecule has 1 aliphatic heterocycles. The maximum atomic E-state index is 11.8. The Morgan fingerprint density at radius 2 is 2.20 bits per heavy atom. The first-order valence-corrected chi connectivity index (χ1v) is 6.67. The van der Waals surface area contributed by atoms with Gasteiger partial charge in [0.2, 0.25) is 0 Å². The van der Waals surface area contributed by atoms with Gasteiger partial charge in [-0.2, -0.15) is 0 Å². The Morgan fingerprint density at radius 3 is 2.87 bits per heavy atom. The molecule has 0 amide bonds. The van der Waals surface area contributed by atoms with Gasteiger partial charge in [-0.1, -0.05) is 25.1 Å². The zero-order valence-electron chi connectivity index (χ0n) is 8.60. The molecule has 15 heavy (non-hydrogen) atoms. The molecule has 3 nitrogen and oxygen atoms in total. The predicted octanol–water partition coefficient (Wildman–Crippen LogP) is 1.11. The predicted molar refractivity (Wildman–Crippen MR) is 57.7 cm³/mol. The average Bonchev–Trinajstić information content (AvgIpc) is 2.54. The van der Waals surface area contributed by atoms with E-state index in [1.165, 1.54) is 0 Å². The largest absolute Gasteiger partial charge is 0.396 e. The first-order chi connectivity index (χ1) is 7.06. The molecule has 2 rings (SSSR count). The lowest BCUT2D eigenvalue weighted by Crippen LogP contribution is -2.07. The number of fused-ring (bicyclic) bond motifs is 1. The third-order valence-corrected chi connectivity index (χ3v) is 4.74. The van der Waals surface area contributed by atoms with Crippen LogP contribution in [0.4, 0.5) is 0 Å². The maximum absolute atomic E-state index is 11.8. The molecule has 0 spiro atoms. The smallest absolute Gasteiger partial charge is 0.179 e. The quantitative estimate of drug-likeness (QED) is 0.822. The minimum absolute atomic E-state index is 0.0219. The molecule has 1 N–H and O–H groups in total. The number of hydrogen-bond donors (Lipinski definition) is 1. The molecule has 0 radical (unpaired) electrons. The lowest BCUT2D eigenvalue weighted by atomic mass is 9.99. The maximum Gasteiger partial charge on any atom is 0.179 e. The highest BCUT2D eigenvalue weighted by Crippen LogP contribution is 2.32. The molecule has 0 saturated carbocycles. The minimum Gasteiger partial charge on any atom is -0.396 e. The Kier molecular flexibility index (Phi) is 2.56. The van der Waals surface area contributed by atoms with E-state index in [1.807, 2.05) is 19.1 Å². The minimum atomic E-state index is -3.10. The Balaban J connectivity index is 2.65. The molecule has 1 atom stereocenters. The lowest BCUT2D eigenvalue weighted by Gasteiger charge is -2.12. The molecule has 0 aromatic heterocycles. The topological polar surface area (TPSA) is 54.4 Å². The summed E-state index contributed by atoms with van der Waals surface area (Å²) < 4.78 is 23.6. The van der Waals surface area contributed by atoms with Crippen molar-refractivity contribution in [3.8, 4) is 0 Å². The fourth-order valence-corrected chi connectivity index (χ4v) is 3.90. The molecule has 0 saturated heterocycles. The summed E-state index contributed by atoms with van der Waals surface area (Å²) in [5, 5.41) is 9.09. The number of rotatable bonds is 2. The molecular formula is C11H14O3S. The number of aliphatic hydroxyl groups is 1. The third-order valence-electron chi connectivity index (χ3n) is 2.88. The van der Waals surface area contributed by atoms with Crippen LogP contribution < -0.4 is 0 Å². The SMILES string of the molecule is CC(CO)c1cccc2c1S(=O)(=O)CC2. The zero-order valence-corrected chi connectivity index (χ0v) is 9.42. The second kappa shape index (κ2) is 3.61. The number of aliphatic hydroxyl groups excluding tert-OH is 1. The van der Waals surface area contributed by atoms with Gasteiger partial charge in [0.25, 0.3) is 0 Å². The Labute approximate surface area is 89.7 Å². The van der Waals surface area contributed by atoms with Crippen LogP contribution in [0.2, 0.25) is 0 Å². The van der Waals surface area contributed by atoms with Crippen molar-refractivity contribution in [2.24, 2.45) is 0 Å². The summed E-state index contributed by atoms with van der Waals surface area (Å²) in [5.74, 6) is 0.0881. The van der Waals surface area contributed by atoms with Crippen molar-refractivity contribution in [1.82, 2.24) is 0 Å². The summed E-state index contributed by atoms with van der Waals surface area (Å²) >= 11 is 0. The van der Waals surface area contributed by atoms with Crippen molar-refractivity contribution in [2.45, 2.75) is 24.2 Å². The van der Waals surface area contributed by atoms with Crippen LogP contribution in [-0.2, 0) is 16.3 Å². The van der Waals surface area contributed by atoms with Gasteiger partial charge in [-0.25, -0.2) is 8.42 Å². The van der Waals surface area contributed by atoms with Gasteiger partial charge < -0.3 is 5.11 Å². The van der Waals surface area contributed by atoms with Gasteiger partial charge in [-0.15, -0.1) is 0 Å². The van der Waals surface area contributed by atoms with E-state index < -0.39 is 9.84 Å². The Bertz CT molecular complexity index is 477. The van der Waals surface area contributed by atoms with Crippen LogP contribution in [0.3, 0.4) is 0 Å². The highest BCUT2D eigenvalue weighted by molar-refractivity contribution is 7.91. The Morgan fingerprint density at radius 1 is 1.47 bits per heavy atom. The van der Waals surface area contributed by atoms with E-state index in [0.29, 0.717) is 11.3 Å². The highest BCUT2D eigenvalue weighted by Gasteiger charge is 2.30. The van der Waals surface area contributed by atoms with Gasteiger partial charge in [0.1, 0.15) is 0 Å². The fraction of sp³-hybridized carbons (Fsp3) is 0.455. The molecule has 4 heteroatoms. The van der Waals surface area contributed by atoms with E-state index in [-0.39, 0.29) is 18.3 Å². The van der Waals surface area contributed by atoms with E-state index >= 15 is 0 Å². The molecule has 0 aliphatic carbocycles. The third kappa shape index (κ3) is 1.68. The molecule has 82 valence electrons. The standard InChI is InChI=1S/C11H14O3S/c1-8(7-12)10-4-2-3-9-5-6-15(13,14)11(9)10/h2-4,8,12H,5-7H2,1H3. The summed E-state index contributed by atoms with van der Waals surface area (Å²) in [4.78, 5) is 0.464. The van der Waals surface area contributed by atoms with Crippen LogP contribution in [0.1, 0.15) is 24.0 Å². The molecule has 1 unspecified atom stereocenters. The van der Waals surface area contributed by atoms with E-state index in [0.717, 1.165) is 11.1 Å². The number of hydrogen-bond acceptors (Lipinski definition) is 3.